The smallest absolute Gasteiger partial charge is 0.290 e. The number of benzene rings is 1. The van der Waals surface area contributed by atoms with E-state index >= 15 is 0 Å². The van der Waals surface area contributed by atoms with E-state index in [9.17, 15) is 4.79 Å². The molecular formula is C17H21N2O+. The molecule has 0 saturated heterocycles. The maximum atomic E-state index is 12.0. The van der Waals surface area contributed by atoms with Gasteiger partial charge in [-0.05, 0) is 36.1 Å². The summed E-state index contributed by atoms with van der Waals surface area (Å²) >= 11 is 0. The standard InChI is InChI=1S/C17H20N2O/c1-13(2)15-4-6-16(7-5-15)18-17(20)12-19-10-8-14(3)9-11-19/h4-11,13H,12H2,1-3H3/p+1. The molecule has 1 aromatic carbocycles. The lowest BCUT2D eigenvalue weighted by Crippen LogP contribution is -2.39. The Morgan fingerprint density at radius 2 is 1.70 bits per heavy atom. The van der Waals surface area contributed by atoms with Crippen molar-refractivity contribution in [2.24, 2.45) is 0 Å². The van der Waals surface area contributed by atoms with Crippen LogP contribution in [0.1, 0.15) is 30.9 Å². The van der Waals surface area contributed by atoms with Gasteiger partial charge in [0.15, 0.2) is 12.4 Å². The van der Waals surface area contributed by atoms with Crippen LogP contribution < -0.4 is 9.88 Å². The van der Waals surface area contributed by atoms with E-state index < -0.39 is 0 Å². The van der Waals surface area contributed by atoms with Crippen LogP contribution in [0.3, 0.4) is 0 Å². The van der Waals surface area contributed by atoms with E-state index in [1.165, 1.54) is 11.1 Å². The lowest BCUT2D eigenvalue weighted by atomic mass is 10.0. The van der Waals surface area contributed by atoms with E-state index in [1.807, 2.05) is 48.1 Å². The molecule has 0 unspecified atom stereocenters. The Bertz CT molecular complexity index is 571. The maximum Gasteiger partial charge on any atom is 0.290 e. The van der Waals surface area contributed by atoms with Gasteiger partial charge >= 0.3 is 0 Å². The van der Waals surface area contributed by atoms with Gasteiger partial charge in [0.25, 0.3) is 5.91 Å². The molecule has 3 nitrogen and oxygen atoms in total. The first-order valence-electron chi connectivity index (χ1n) is 6.90. The highest BCUT2D eigenvalue weighted by Crippen LogP contribution is 2.16. The number of pyridine rings is 1. The second kappa shape index (κ2) is 6.33. The van der Waals surface area contributed by atoms with Gasteiger partial charge in [0.1, 0.15) is 0 Å². The fourth-order valence-corrected chi connectivity index (χ4v) is 1.95. The van der Waals surface area contributed by atoms with E-state index in [0.717, 1.165) is 5.69 Å². The lowest BCUT2D eigenvalue weighted by Gasteiger charge is -2.07. The zero-order chi connectivity index (χ0) is 14.5. The normalized spacial score (nSPS) is 10.6. The Balaban J connectivity index is 1.95. The van der Waals surface area contributed by atoms with Crippen molar-refractivity contribution in [1.29, 1.82) is 0 Å². The molecular weight excluding hydrogens is 248 g/mol. The summed E-state index contributed by atoms with van der Waals surface area (Å²) in [5.41, 5.74) is 3.30. The first-order chi connectivity index (χ1) is 9.54. The molecule has 3 heteroatoms. The molecule has 0 aliphatic heterocycles. The molecule has 1 aromatic heterocycles. The first kappa shape index (κ1) is 14.3. The molecule has 2 aromatic rings. The van der Waals surface area contributed by atoms with Gasteiger partial charge in [-0.25, -0.2) is 0 Å². The number of aryl methyl sites for hydroxylation is 1. The van der Waals surface area contributed by atoms with Crippen molar-refractivity contribution >= 4 is 11.6 Å². The van der Waals surface area contributed by atoms with E-state index in [4.69, 9.17) is 0 Å². The Kier molecular flexibility index (Phi) is 4.51. The van der Waals surface area contributed by atoms with Gasteiger partial charge in [0.2, 0.25) is 6.54 Å². The topological polar surface area (TPSA) is 33.0 Å². The van der Waals surface area contributed by atoms with Crippen LogP contribution in [0.5, 0.6) is 0 Å². The fourth-order valence-electron chi connectivity index (χ4n) is 1.95. The molecule has 104 valence electrons. The average Bonchev–Trinajstić information content (AvgIpc) is 2.42. The SMILES string of the molecule is Cc1cc[n+](CC(=O)Nc2ccc(C(C)C)cc2)cc1. The third kappa shape index (κ3) is 3.92. The van der Waals surface area contributed by atoms with Gasteiger partial charge in [-0.1, -0.05) is 26.0 Å². The van der Waals surface area contributed by atoms with Crippen LogP contribution in [0.15, 0.2) is 48.8 Å². The number of anilines is 1. The minimum absolute atomic E-state index is 0.0175. The zero-order valence-corrected chi connectivity index (χ0v) is 12.3. The summed E-state index contributed by atoms with van der Waals surface area (Å²) in [5, 5.41) is 2.91. The highest BCUT2D eigenvalue weighted by molar-refractivity contribution is 5.89. The van der Waals surface area contributed by atoms with E-state index in [-0.39, 0.29) is 5.91 Å². The Hall–Kier alpha value is -2.16. The van der Waals surface area contributed by atoms with Crippen LogP contribution in [-0.2, 0) is 11.3 Å². The summed E-state index contributed by atoms with van der Waals surface area (Å²) in [4.78, 5) is 12.0. The summed E-state index contributed by atoms with van der Waals surface area (Å²) in [6, 6.07) is 12.0. The van der Waals surface area contributed by atoms with E-state index in [0.29, 0.717) is 12.5 Å². The molecule has 1 heterocycles. The number of nitrogens with one attached hydrogen (secondary N) is 1. The first-order valence-corrected chi connectivity index (χ1v) is 6.90. The molecule has 0 aliphatic rings. The van der Waals surface area contributed by atoms with Crippen molar-refractivity contribution in [3.05, 3.63) is 59.9 Å². The second-order valence-electron chi connectivity index (χ2n) is 5.37. The fraction of sp³-hybridized carbons (Fsp3) is 0.294. The number of carbonyl (C=O) groups is 1. The van der Waals surface area contributed by atoms with Gasteiger partial charge < -0.3 is 5.32 Å². The molecule has 20 heavy (non-hydrogen) atoms. The maximum absolute atomic E-state index is 12.0. The highest BCUT2D eigenvalue weighted by Gasteiger charge is 2.09. The van der Waals surface area contributed by atoms with Crippen molar-refractivity contribution in [3.8, 4) is 0 Å². The minimum atomic E-state index is -0.0175. The van der Waals surface area contributed by atoms with Crippen LogP contribution in [0, 0.1) is 6.92 Å². The summed E-state index contributed by atoms with van der Waals surface area (Å²) in [6.45, 7) is 6.66. The highest BCUT2D eigenvalue weighted by atomic mass is 16.1. The molecule has 0 saturated carbocycles. The van der Waals surface area contributed by atoms with Crippen LogP contribution in [-0.4, -0.2) is 5.91 Å². The van der Waals surface area contributed by atoms with Crippen LogP contribution >= 0.6 is 0 Å². The number of rotatable bonds is 4. The van der Waals surface area contributed by atoms with Gasteiger partial charge in [-0.2, -0.15) is 4.57 Å². The largest absolute Gasteiger partial charge is 0.321 e. The van der Waals surface area contributed by atoms with Crippen molar-refractivity contribution in [3.63, 3.8) is 0 Å². The number of nitrogens with zero attached hydrogens (tertiary/aromatic N) is 1. The van der Waals surface area contributed by atoms with Crippen LogP contribution in [0.25, 0.3) is 0 Å². The van der Waals surface area contributed by atoms with Gasteiger partial charge in [-0.15, -0.1) is 0 Å². The summed E-state index contributed by atoms with van der Waals surface area (Å²) < 4.78 is 1.87. The van der Waals surface area contributed by atoms with Crippen molar-refractivity contribution in [2.75, 3.05) is 5.32 Å². The molecule has 0 fully saturated rings. The van der Waals surface area contributed by atoms with Crippen molar-refractivity contribution in [2.45, 2.75) is 33.2 Å². The van der Waals surface area contributed by atoms with Gasteiger partial charge in [0.05, 0.1) is 0 Å². The number of aromatic nitrogens is 1. The average molecular weight is 269 g/mol. The van der Waals surface area contributed by atoms with E-state index in [2.05, 4.69) is 31.3 Å². The Morgan fingerprint density at radius 1 is 1.10 bits per heavy atom. The predicted octanol–water partition coefficient (Wildman–Crippen LogP) is 3.04. The quantitative estimate of drug-likeness (QED) is 0.850. The molecule has 2 rings (SSSR count). The Morgan fingerprint density at radius 3 is 2.25 bits per heavy atom. The molecule has 0 aliphatic carbocycles. The van der Waals surface area contributed by atoms with Gasteiger partial charge in [-0.3, -0.25) is 4.79 Å². The molecule has 0 spiro atoms. The van der Waals surface area contributed by atoms with Crippen molar-refractivity contribution < 1.29 is 9.36 Å². The summed E-state index contributed by atoms with van der Waals surface area (Å²) in [5.74, 6) is 0.485. The Labute approximate surface area is 120 Å². The number of hydrogen-bond donors (Lipinski definition) is 1. The monoisotopic (exact) mass is 269 g/mol. The molecule has 1 amide bonds. The third-order valence-electron chi connectivity index (χ3n) is 3.25. The minimum Gasteiger partial charge on any atom is -0.321 e. The van der Waals surface area contributed by atoms with E-state index in [1.54, 1.807) is 0 Å². The molecule has 0 atom stereocenters. The van der Waals surface area contributed by atoms with Crippen LogP contribution in [0.2, 0.25) is 0 Å². The predicted molar refractivity (Wildman–Crippen MR) is 80.5 cm³/mol. The lowest BCUT2D eigenvalue weighted by molar-refractivity contribution is -0.684. The number of carbonyl (C=O) groups excluding carboxylic acids is 1. The third-order valence-corrected chi connectivity index (χ3v) is 3.25. The molecule has 0 radical (unpaired) electrons. The second-order valence-corrected chi connectivity index (χ2v) is 5.37. The van der Waals surface area contributed by atoms with Crippen molar-refractivity contribution in [1.82, 2.24) is 0 Å². The summed E-state index contributed by atoms with van der Waals surface area (Å²) in [7, 11) is 0. The molecule has 1 N–H and O–H groups in total. The molecule has 0 bridgehead atoms. The number of hydrogen-bond acceptors (Lipinski definition) is 1. The number of amides is 1. The summed E-state index contributed by atoms with van der Waals surface area (Å²) in [6.07, 6.45) is 3.83. The van der Waals surface area contributed by atoms with Gasteiger partial charge in [0, 0.05) is 17.8 Å². The van der Waals surface area contributed by atoms with Crippen LogP contribution in [0.4, 0.5) is 5.69 Å². The zero-order valence-electron chi connectivity index (χ0n) is 12.3.